The Balaban J connectivity index is 2.23. The molecular formula is C14H20N2O3S. The molecule has 1 aromatic rings. The lowest BCUT2D eigenvalue weighted by Gasteiger charge is -2.14. The first-order chi connectivity index (χ1) is 9.40. The molecule has 0 heterocycles. The van der Waals surface area contributed by atoms with Crippen molar-refractivity contribution in [2.75, 3.05) is 14.1 Å². The molecule has 110 valence electrons. The Labute approximate surface area is 120 Å². The van der Waals surface area contributed by atoms with Crippen LogP contribution in [-0.4, -0.2) is 39.4 Å². The Morgan fingerprint density at radius 2 is 1.90 bits per heavy atom. The van der Waals surface area contributed by atoms with E-state index in [0.717, 1.165) is 25.7 Å². The summed E-state index contributed by atoms with van der Waals surface area (Å²) in [4.78, 5) is 13.5. The van der Waals surface area contributed by atoms with Crippen molar-refractivity contribution >= 4 is 15.9 Å². The summed E-state index contributed by atoms with van der Waals surface area (Å²) < 4.78 is 27.3. The van der Waals surface area contributed by atoms with Crippen LogP contribution in [0.3, 0.4) is 0 Å². The predicted molar refractivity (Wildman–Crippen MR) is 77.0 cm³/mol. The summed E-state index contributed by atoms with van der Waals surface area (Å²) >= 11 is 0. The van der Waals surface area contributed by atoms with Crippen LogP contribution in [0.1, 0.15) is 36.0 Å². The van der Waals surface area contributed by atoms with Gasteiger partial charge in [-0.3, -0.25) is 4.79 Å². The zero-order valence-electron chi connectivity index (χ0n) is 11.8. The van der Waals surface area contributed by atoms with E-state index in [-0.39, 0.29) is 16.8 Å². The van der Waals surface area contributed by atoms with E-state index >= 15 is 0 Å². The summed E-state index contributed by atoms with van der Waals surface area (Å²) in [5.41, 5.74) is 0.379. The van der Waals surface area contributed by atoms with Gasteiger partial charge in [0.25, 0.3) is 5.91 Å². The van der Waals surface area contributed by atoms with E-state index in [4.69, 9.17) is 0 Å². The second-order valence-corrected chi connectivity index (χ2v) is 7.04. The maximum absolute atomic E-state index is 12.3. The lowest BCUT2D eigenvalue weighted by atomic mass is 10.2. The zero-order valence-corrected chi connectivity index (χ0v) is 12.6. The third-order valence-electron chi connectivity index (χ3n) is 3.47. The SMILES string of the molecule is CN(C)C(=O)c1cccc(S(=O)(=O)NC2CCCC2)c1. The summed E-state index contributed by atoms with van der Waals surface area (Å²) in [5.74, 6) is -0.206. The number of benzene rings is 1. The number of amides is 1. The average molecular weight is 296 g/mol. The molecule has 1 fully saturated rings. The van der Waals surface area contributed by atoms with Gasteiger partial charge in [0, 0.05) is 25.7 Å². The predicted octanol–water partition coefficient (Wildman–Crippen LogP) is 1.61. The van der Waals surface area contributed by atoms with Gasteiger partial charge in [-0.15, -0.1) is 0 Å². The Hall–Kier alpha value is -1.40. The van der Waals surface area contributed by atoms with Crippen molar-refractivity contribution in [3.63, 3.8) is 0 Å². The Morgan fingerprint density at radius 1 is 1.25 bits per heavy atom. The molecule has 2 rings (SSSR count). The van der Waals surface area contributed by atoms with E-state index in [9.17, 15) is 13.2 Å². The second kappa shape index (κ2) is 5.93. The molecular weight excluding hydrogens is 276 g/mol. The minimum Gasteiger partial charge on any atom is -0.345 e. The summed E-state index contributed by atoms with van der Waals surface area (Å²) in [7, 11) is -0.268. The van der Waals surface area contributed by atoms with Crippen LogP contribution >= 0.6 is 0 Å². The first kappa shape index (κ1) is 15.0. The largest absolute Gasteiger partial charge is 0.345 e. The first-order valence-electron chi connectivity index (χ1n) is 6.74. The molecule has 0 atom stereocenters. The molecule has 6 heteroatoms. The van der Waals surface area contributed by atoms with E-state index in [1.165, 1.54) is 17.0 Å². The van der Waals surface area contributed by atoms with E-state index < -0.39 is 10.0 Å². The minimum absolute atomic E-state index is 0.0215. The van der Waals surface area contributed by atoms with Gasteiger partial charge in [0.15, 0.2) is 0 Å². The van der Waals surface area contributed by atoms with Crippen molar-refractivity contribution in [2.24, 2.45) is 0 Å². The molecule has 1 N–H and O–H groups in total. The molecule has 0 spiro atoms. The van der Waals surface area contributed by atoms with Gasteiger partial charge in [0.2, 0.25) is 10.0 Å². The average Bonchev–Trinajstić information content (AvgIpc) is 2.90. The monoisotopic (exact) mass is 296 g/mol. The maximum atomic E-state index is 12.3. The van der Waals surface area contributed by atoms with Crippen molar-refractivity contribution in [3.05, 3.63) is 29.8 Å². The lowest BCUT2D eigenvalue weighted by molar-refractivity contribution is 0.0827. The number of sulfonamides is 1. The molecule has 5 nitrogen and oxygen atoms in total. The molecule has 1 aliphatic rings. The molecule has 1 saturated carbocycles. The second-order valence-electron chi connectivity index (χ2n) is 5.33. The van der Waals surface area contributed by atoms with Crippen LogP contribution in [-0.2, 0) is 10.0 Å². The molecule has 0 radical (unpaired) electrons. The Morgan fingerprint density at radius 3 is 2.50 bits per heavy atom. The van der Waals surface area contributed by atoms with Crippen molar-refractivity contribution in [2.45, 2.75) is 36.6 Å². The van der Waals surface area contributed by atoms with Crippen molar-refractivity contribution in [3.8, 4) is 0 Å². The number of nitrogens with one attached hydrogen (secondary N) is 1. The quantitative estimate of drug-likeness (QED) is 0.918. The van der Waals surface area contributed by atoms with Crippen LogP contribution < -0.4 is 4.72 Å². The highest BCUT2D eigenvalue weighted by atomic mass is 32.2. The molecule has 0 unspecified atom stereocenters. The van der Waals surface area contributed by atoms with Crippen LogP contribution in [0.2, 0.25) is 0 Å². The third kappa shape index (κ3) is 3.37. The highest BCUT2D eigenvalue weighted by molar-refractivity contribution is 7.89. The number of nitrogens with zero attached hydrogens (tertiary/aromatic N) is 1. The first-order valence-corrected chi connectivity index (χ1v) is 8.22. The topological polar surface area (TPSA) is 66.5 Å². The lowest BCUT2D eigenvalue weighted by Crippen LogP contribution is -2.32. The van der Waals surface area contributed by atoms with Crippen LogP contribution in [0.5, 0.6) is 0 Å². The zero-order chi connectivity index (χ0) is 14.8. The van der Waals surface area contributed by atoms with Crippen LogP contribution in [0.15, 0.2) is 29.2 Å². The van der Waals surface area contributed by atoms with Crippen molar-refractivity contribution in [1.82, 2.24) is 9.62 Å². The number of hydrogen-bond acceptors (Lipinski definition) is 3. The Bertz CT molecular complexity index is 590. The van der Waals surface area contributed by atoms with Crippen LogP contribution in [0, 0.1) is 0 Å². The molecule has 1 amide bonds. The molecule has 1 aliphatic carbocycles. The minimum atomic E-state index is -3.55. The number of carbonyl (C=O) groups excluding carboxylic acids is 1. The maximum Gasteiger partial charge on any atom is 0.253 e. The van der Waals surface area contributed by atoms with Crippen LogP contribution in [0.4, 0.5) is 0 Å². The molecule has 0 saturated heterocycles. The molecule has 0 aliphatic heterocycles. The van der Waals surface area contributed by atoms with Gasteiger partial charge in [0.05, 0.1) is 4.90 Å². The molecule has 0 bridgehead atoms. The van der Waals surface area contributed by atoms with Crippen molar-refractivity contribution < 1.29 is 13.2 Å². The fourth-order valence-corrected chi connectivity index (χ4v) is 3.74. The van der Waals surface area contributed by atoms with E-state index in [1.807, 2.05) is 0 Å². The normalized spacial score (nSPS) is 16.3. The summed E-state index contributed by atoms with van der Waals surface area (Å²) in [6, 6.07) is 6.19. The van der Waals surface area contributed by atoms with Gasteiger partial charge in [-0.05, 0) is 31.0 Å². The Kier molecular flexibility index (Phi) is 4.45. The molecule has 1 aromatic carbocycles. The van der Waals surface area contributed by atoms with Gasteiger partial charge in [-0.25, -0.2) is 13.1 Å². The van der Waals surface area contributed by atoms with Crippen LogP contribution in [0.25, 0.3) is 0 Å². The number of carbonyl (C=O) groups is 1. The van der Waals surface area contributed by atoms with Gasteiger partial charge in [-0.1, -0.05) is 18.9 Å². The highest BCUT2D eigenvalue weighted by Gasteiger charge is 2.23. The number of hydrogen-bond donors (Lipinski definition) is 1. The van der Waals surface area contributed by atoms with Gasteiger partial charge >= 0.3 is 0 Å². The van der Waals surface area contributed by atoms with E-state index in [0.29, 0.717) is 5.56 Å². The number of rotatable bonds is 4. The fourth-order valence-electron chi connectivity index (χ4n) is 2.39. The van der Waals surface area contributed by atoms with Crippen molar-refractivity contribution in [1.29, 1.82) is 0 Å². The summed E-state index contributed by atoms with van der Waals surface area (Å²) in [6.45, 7) is 0. The van der Waals surface area contributed by atoms with Gasteiger partial charge in [0.1, 0.15) is 0 Å². The molecule has 0 aromatic heterocycles. The molecule has 20 heavy (non-hydrogen) atoms. The summed E-state index contributed by atoms with van der Waals surface area (Å²) in [6.07, 6.45) is 3.89. The van der Waals surface area contributed by atoms with E-state index in [2.05, 4.69) is 4.72 Å². The standard InChI is InChI=1S/C14H20N2O3S/c1-16(2)14(17)11-6-5-9-13(10-11)20(18,19)15-12-7-3-4-8-12/h5-6,9-10,12,15H,3-4,7-8H2,1-2H3. The summed E-state index contributed by atoms with van der Waals surface area (Å²) in [5, 5.41) is 0. The highest BCUT2D eigenvalue weighted by Crippen LogP contribution is 2.21. The third-order valence-corrected chi connectivity index (χ3v) is 4.99. The van der Waals surface area contributed by atoms with E-state index in [1.54, 1.807) is 26.2 Å². The fraction of sp³-hybridized carbons (Fsp3) is 0.500. The van der Waals surface area contributed by atoms with Gasteiger partial charge in [-0.2, -0.15) is 0 Å². The van der Waals surface area contributed by atoms with Gasteiger partial charge < -0.3 is 4.90 Å². The smallest absolute Gasteiger partial charge is 0.253 e.